The third kappa shape index (κ3) is 11.6. The molecule has 1 N–H and O–H groups in total. The Morgan fingerprint density at radius 2 is 1.64 bits per heavy atom. The van der Waals surface area contributed by atoms with Gasteiger partial charge in [0.15, 0.2) is 0 Å². The third-order valence-electron chi connectivity index (χ3n) is 2.19. The zero-order chi connectivity index (χ0) is 17.0. The summed E-state index contributed by atoms with van der Waals surface area (Å²) >= 11 is 0. The smallest absolute Gasteiger partial charge is 0.317 e. The first-order chi connectivity index (χ1) is 10.3. The van der Waals surface area contributed by atoms with E-state index in [0.29, 0.717) is 0 Å². The average Bonchev–Trinajstić information content (AvgIpc) is 2.42. The van der Waals surface area contributed by atoms with E-state index in [1.807, 2.05) is 0 Å². The molecule has 0 heterocycles. The van der Waals surface area contributed by atoms with Crippen LogP contribution in [0.4, 0.5) is 0 Å². The van der Waals surface area contributed by atoms with Crippen molar-refractivity contribution in [1.29, 1.82) is 0 Å². The number of carbonyl (C=O) groups excluding carboxylic acids is 3. The van der Waals surface area contributed by atoms with Gasteiger partial charge in [-0.3, -0.25) is 19.2 Å². The molecule has 0 radical (unpaired) electrons. The Balaban J connectivity index is 3.83. The summed E-state index contributed by atoms with van der Waals surface area (Å²) < 4.78 is 18.9. The van der Waals surface area contributed by atoms with Crippen molar-refractivity contribution >= 4 is 23.9 Å². The van der Waals surface area contributed by atoms with Crippen molar-refractivity contribution in [3.8, 4) is 0 Å². The summed E-state index contributed by atoms with van der Waals surface area (Å²) in [5.74, 6) is -3.36. The Bertz CT molecular complexity index is 391. The Kier molecular flexibility index (Phi) is 10.4. The van der Waals surface area contributed by atoms with E-state index in [1.165, 1.54) is 14.0 Å². The number of hydrogen-bond acceptors (Lipinski definition) is 8. The second-order valence-corrected chi connectivity index (χ2v) is 4.27. The standard InChI is InChI=1S/C13H20O9/c1-9(8-21-11(16)4-3-10(14)15)22-13(18)7-12(17)20-6-5-19-2/h9H,3-8H2,1-2H3,(H,14,15). The molecular weight excluding hydrogens is 300 g/mol. The lowest BCUT2D eigenvalue weighted by Crippen LogP contribution is -2.24. The highest BCUT2D eigenvalue weighted by molar-refractivity contribution is 5.91. The molecule has 1 atom stereocenters. The van der Waals surface area contributed by atoms with E-state index in [4.69, 9.17) is 14.6 Å². The molecule has 126 valence electrons. The van der Waals surface area contributed by atoms with Crippen molar-refractivity contribution in [2.45, 2.75) is 32.3 Å². The second kappa shape index (κ2) is 11.5. The van der Waals surface area contributed by atoms with Gasteiger partial charge in [0, 0.05) is 7.11 Å². The van der Waals surface area contributed by atoms with Gasteiger partial charge in [-0.2, -0.15) is 0 Å². The quantitative estimate of drug-likeness (QED) is 0.240. The second-order valence-electron chi connectivity index (χ2n) is 4.27. The van der Waals surface area contributed by atoms with E-state index < -0.39 is 36.4 Å². The summed E-state index contributed by atoms with van der Waals surface area (Å²) in [7, 11) is 1.45. The van der Waals surface area contributed by atoms with Crippen molar-refractivity contribution in [2.75, 3.05) is 26.9 Å². The van der Waals surface area contributed by atoms with Gasteiger partial charge < -0.3 is 24.1 Å². The third-order valence-corrected chi connectivity index (χ3v) is 2.19. The van der Waals surface area contributed by atoms with E-state index in [-0.39, 0.29) is 32.7 Å². The minimum Gasteiger partial charge on any atom is -0.481 e. The van der Waals surface area contributed by atoms with E-state index in [2.05, 4.69) is 9.47 Å². The van der Waals surface area contributed by atoms with Crippen LogP contribution < -0.4 is 0 Å². The molecule has 0 aliphatic rings. The number of methoxy groups -OCH3 is 1. The maximum absolute atomic E-state index is 11.4. The Labute approximate surface area is 127 Å². The fourth-order valence-electron chi connectivity index (χ4n) is 1.20. The summed E-state index contributed by atoms with van der Waals surface area (Å²) in [5, 5.41) is 8.39. The van der Waals surface area contributed by atoms with Gasteiger partial charge in [-0.05, 0) is 6.92 Å². The van der Waals surface area contributed by atoms with Crippen LogP contribution in [0.2, 0.25) is 0 Å². The van der Waals surface area contributed by atoms with Crippen LogP contribution in [-0.4, -0.2) is 62.0 Å². The molecule has 22 heavy (non-hydrogen) atoms. The van der Waals surface area contributed by atoms with Crippen LogP contribution in [0, 0.1) is 0 Å². The van der Waals surface area contributed by atoms with Crippen LogP contribution >= 0.6 is 0 Å². The van der Waals surface area contributed by atoms with E-state index in [0.717, 1.165) is 0 Å². The largest absolute Gasteiger partial charge is 0.481 e. The molecule has 0 aromatic rings. The first-order valence-corrected chi connectivity index (χ1v) is 6.56. The maximum Gasteiger partial charge on any atom is 0.317 e. The number of hydrogen-bond donors (Lipinski definition) is 1. The summed E-state index contributed by atoms with van der Waals surface area (Å²) in [6.07, 6.45) is -1.91. The molecule has 0 aliphatic carbocycles. The molecule has 0 fully saturated rings. The molecule has 9 heteroatoms. The van der Waals surface area contributed by atoms with Crippen LogP contribution in [0.15, 0.2) is 0 Å². The number of carboxylic acids is 1. The van der Waals surface area contributed by atoms with Gasteiger partial charge in [0.05, 0.1) is 19.4 Å². The SMILES string of the molecule is COCCOC(=O)CC(=O)OC(C)COC(=O)CCC(=O)O. The van der Waals surface area contributed by atoms with Gasteiger partial charge in [-0.1, -0.05) is 0 Å². The normalized spacial score (nSPS) is 11.4. The first kappa shape index (κ1) is 19.8. The molecule has 1 unspecified atom stereocenters. The molecule has 0 aromatic heterocycles. The van der Waals surface area contributed by atoms with Crippen LogP contribution in [0.5, 0.6) is 0 Å². The summed E-state index contributed by atoms with van der Waals surface area (Å²) in [4.78, 5) is 44.0. The molecule has 0 saturated carbocycles. The van der Waals surface area contributed by atoms with Crippen LogP contribution in [0.3, 0.4) is 0 Å². The van der Waals surface area contributed by atoms with Crippen molar-refractivity contribution in [1.82, 2.24) is 0 Å². The lowest BCUT2D eigenvalue weighted by Gasteiger charge is -2.13. The van der Waals surface area contributed by atoms with Crippen molar-refractivity contribution in [3.05, 3.63) is 0 Å². The van der Waals surface area contributed by atoms with Gasteiger partial charge >= 0.3 is 23.9 Å². The highest BCUT2D eigenvalue weighted by Crippen LogP contribution is 2.00. The Morgan fingerprint density at radius 1 is 0.955 bits per heavy atom. The predicted octanol–water partition coefficient (Wildman–Crippen LogP) is -0.0942. The lowest BCUT2D eigenvalue weighted by molar-refractivity contribution is -0.163. The van der Waals surface area contributed by atoms with Crippen molar-refractivity contribution in [3.63, 3.8) is 0 Å². The Morgan fingerprint density at radius 3 is 2.23 bits per heavy atom. The first-order valence-electron chi connectivity index (χ1n) is 6.56. The molecule has 0 aliphatic heterocycles. The zero-order valence-electron chi connectivity index (χ0n) is 12.5. The Hall–Kier alpha value is -2.16. The summed E-state index contributed by atoms with van der Waals surface area (Å²) in [5.41, 5.74) is 0. The van der Waals surface area contributed by atoms with Crippen LogP contribution in [-0.2, 0) is 38.1 Å². The highest BCUT2D eigenvalue weighted by Gasteiger charge is 2.16. The van der Waals surface area contributed by atoms with Gasteiger partial charge in [0.25, 0.3) is 0 Å². The van der Waals surface area contributed by atoms with Crippen molar-refractivity contribution in [2.24, 2.45) is 0 Å². The molecule has 0 spiro atoms. The predicted molar refractivity (Wildman–Crippen MR) is 70.8 cm³/mol. The van der Waals surface area contributed by atoms with Gasteiger partial charge in [0.1, 0.15) is 25.7 Å². The lowest BCUT2D eigenvalue weighted by atomic mass is 10.3. The van der Waals surface area contributed by atoms with Gasteiger partial charge in [-0.15, -0.1) is 0 Å². The molecule has 0 saturated heterocycles. The average molecular weight is 320 g/mol. The van der Waals surface area contributed by atoms with Crippen LogP contribution in [0.1, 0.15) is 26.2 Å². The number of rotatable bonds is 11. The fourth-order valence-corrected chi connectivity index (χ4v) is 1.20. The molecule has 0 rings (SSSR count). The molecule has 9 nitrogen and oxygen atoms in total. The number of carbonyl (C=O) groups is 4. The number of esters is 3. The molecule has 0 aromatic carbocycles. The van der Waals surface area contributed by atoms with Crippen LogP contribution in [0.25, 0.3) is 0 Å². The zero-order valence-corrected chi connectivity index (χ0v) is 12.5. The molecule has 0 amide bonds. The maximum atomic E-state index is 11.4. The monoisotopic (exact) mass is 320 g/mol. The highest BCUT2D eigenvalue weighted by atomic mass is 16.6. The molecule has 0 bridgehead atoms. The number of ether oxygens (including phenoxy) is 4. The molecular formula is C13H20O9. The van der Waals surface area contributed by atoms with E-state index >= 15 is 0 Å². The number of carboxylic acid groups (broad SMARTS) is 1. The fraction of sp³-hybridized carbons (Fsp3) is 0.692. The summed E-state index contributed by atoms with van der Waals surface area (Å²) in [6.45, 7) is 1.52. The van der Waals surface area contributed by atoms with Gasteiger partial charge in [-0.25, -0.2) is 0 Å². The minimum atomic E-state index is -1.11. The number of aliphatic carboxylic acids is 1. The topological polar surface area (TPSA) is 125 Å². The van der Waals surface area contributed by atoms with E-state index in [9.17, 15) is 19.2 Å². The minimum absolute atomic E-state index is 0.0410. The summed E-state index contributed by atoms with van der Waals surface area (Å²) in [6, 6.07) is 0. The van der Waals surface area contributed by atoms with Gasteiger partial charge in [0.2, 0.25) is 0 Å². The van der Waals surface area contributed by atoms with Crippen molar-refractivity contribution < 1.29 is 43.2 Å². The van der Waals surface area contributed by atoms with E-state index in [1.54, 1.807) is 0 Å².